The first-order valence-electron chi connectivity index (χ1n) is 12.2. The smallest absolute Gasteiger partial charge is 0.240 e. The summed E-state index contributed by atoms with van der Waals surface area (Å²) >= 11 is 0. The van der Waals surface area contributed by atoms with Crippen LogP contribution in [0.2, 0.25) is 0 Å². The number of hydrogen-bond acceptors (Lipinski definition) is 8. The Morgan fingerprint density at radius 2 is 1.28 bits per heavy atom. The Hall–Kier alpha value is -3.06. The van der Waals surface area contributed by atoms with Gasteiger partial charge < -0.3 is 32.1 Å². The fraction of sp³-hybridized carbons (Fsp3) is 0.583. The van der Waals surface area contributed by atoms with Crippen molar-refractivity contribution >= 4 is 23.6 Å². The van der Waals surface area contributed by atoms with Crippen LogP contribution >= 0.6 is 0 Å². The van der Waals surface area contributed by atoms with E-state index in [0.29, 0.717) is 58.8 Å². The van der Waals surface area contributed by atoms with Gasteiger partial charge >= 0.3 is 0 Å². The second-order valence-electron chi connectivity index (χ2n) is 9.31. The highest BCUT2D eigenvalue weighted by Gasteiger charge is 2.37. The topological polar surface area (TPSA) is 180 Å². The van der Waals surface area contributed by atoms with Crippen molar-refractivity contribution in [3.63, 3.8) is 0 Å². The van der Waals surface area contributed by atoms with Gasteiger partial charge in [-0.1, -0.05) is 30.3 Å². The van der Waals surface area contributed by atoms with E-state index in [0.717, 1.165) is 5.56 Å². The minimum absolute atomic E-state index is 0.124. The zero-order chi connectivity index (χ0) is 26.2. The van der Waals surface area contributed by atoms with E-state index in [-0.39, 0.29) is 24.8 Å². The molecule has 2 aliphatic rings. The van der Waals surface area contributed by atoms with Crippen molar-refractivity contribution in [1.82, 2.24) is 19.6 Å². The van der Waals surface area contributed by atoms with E-state index in [1.165, 1.54) is 0 Å². The Bertz CT molecular complexity index is 915. The highest BCUT2D eigenvalue weighted by Crippen LogP contribution is 2.16. The lowest BCUT2D eigenvalue weighted by Gasteiger charge is -2.42. The standard InChI is InChI=1S/C24H37N7O5/c25-18(14-17-4-2-1-3-5-17)23(35)30-10-6-28(7-11-30)19(15-21(26)33)24(36)31-12-8-29(9-13-31)20(16-32)22(27)34/h1-5,18-20,32H,6-16,25H2,(H2,26,33)(H2,27,34)/t18-,19-,20-/m1/s1. The number of hydrogen-bond donors (Lipinski definition) is 4. The van der Waals surface area contributed by atoms with Crippen LogP contribution in [0.1, 0.15) is 12.0 Å². The molecule has 0 spiro atoms. The molecule has 198 valence electrons. The van der Waals surface area contributed by atoms with E-state index in [2.05, 4.69) is 0 Å². The summed E-state index contributed by atoms with van der Waals surface area (Å²) in [5.41, 5.74) is 18.0. The summed E-state index contributed by atoms with van der Waals surface area (Å²) in [4.78, 5) is 56.5. The fourth-order valence-electron chi connectivity index (χ4n) is 4.86. The van der Waals surface area contributed by atoms with Crippen molar-refractivity contribution in [3.8, 4) is 0 Å². The molecule has 0 radical (unpaired) electrons. The van der Waals surface area contributed by atoms with Crippen LogP contribution in [-0.2, 0) is 25.6 Å². The molecule has 0 unspecified atom stereocenters. The monoisotopic (exact) mass is 503 g/mol. The predicted octanol–water partition coefficient (Wildman–Crippen LogP) is -3.06. The summed E-state index contributed by atoms with van der Waals surface area (Å²) in [6, 6.07) is 7.42. The van der Waals surface area contributed by atoms with E-state index >= 15 is 0 Å². The average Bonchev–Trinajstić information content (AvgIpc) is 2.87. The largest absolute Gasteiger partial charge is 0.394 e. The molecule has 0 bridgehead atoms. The summed E-state index contributed by atoms with van der Waals surface area (Å²) in [6.07, 6.45) is 0.322. The number of carbonyl (C=O) groups excluding carboxylic acids is 4. The number of aliphatic hydroxyl groups is 1. The third kappa shape index (κ3) is 7.00. The molecule has 2 saturated heterocycles. The second kappa shape index (κ2) is 12.8. The van der Waals surface area contributed by atoms with Crippen molar-refractivity contribution < 1.29 is 24.3 Å². The summed E-state index contributed by atoms with van der Waals surface area (Å²) in [7, 11) is 0. The van der Waals surface area contributed by atoms with E-state index in [4.69, 9.17) is 17.2 Å². The summed E-state index contributed by atoms with van der Waals surface area (Å²) in [5, 5.41) is 9.43. The molecule has 12 heteroatoms. The molecule has 0 saturated carbocycles. The Labute approximate surface area is 210 Å². The first kappa shape index (κ1) is 27.5. The maximum absolute atomic E-state index is 13.4. The molecule has 7 N–H and O–H groups in total. The lowest BCUT2D eigenvalue weighted by molar-refractivity contribution is -0.144. The number of nitrogens with two attached hydrogens (primary N) is 3. The first-order valence-corrected chi connectivity index (χ1v) is 12.2. The van der Waals surface area contributed by atoms with Crippen LogP contribution in [0.25, 0.3) is 0 Å². The molecule has 3 rings (SSSR count). The molecule has 2 aliphatic heterocycles. The third-order valence-electron chi connectivity index (χ3n) is 6.93. The minimum Gasteiger partial charge on any atom is -0.394 e. The molecule has 1 aromatic carbocycles. The Morgan fingerprint density at radius 1 is 0.778 bits per heavy atom. The molecule has 2 fully saturated rings. The van der Waals surface area contributed by atoms with Crippen LogP contribution in [0.4, 0.5) is 0 Å². The second-order valence-corrected chi connectivity index (χ2v) is 9.31. The number of benzene rings is 1. The number of aliphatic hydroxyl groups excluding tert-OH is 1. The van der Waals surface area contributed by atoms with E-state index in [1.54, 1.807) is 14.7 Å². The molecule has 0 aliphatic carbocycles. The molecule has 36 heavy (non-hydrogen) atoms. The number of rotatable bonds is 10. The van der Waals surface area contributed by atoms with Gasteiger partial charge in [0.1, 0.15) is 6.04 Å². The minimum atomic E-state index is -0.789. The van der Waals surface area contributed by atoms with E-state index < -0.39 is 29.9 Å². The molecule has 1 aromatic rings. The van der Waals surface area contributed by atoms with Gasteiger partial charge in [-0.15, -0.1) is 0 Å². The van der Waals surface area contributed by atoms with Gasteiger partial charge in [0.15, 0.2) is 0 Å². The zero-order valence-corrected chi connectivity index (χ0v) is 20.5. The number of nitrogens with zero attached hydrogens (tertiary/aromatic N) is 4. The van der Waals surface area contributed by atoms with Crippen LogP contribution in [0.5, 0.6) is 0 Å². The van der Waals surface area contributed by atoms with Crippen LogP contribution in [-0.4, -0.2) is 125 Å². The summed E-state index contributed by atoms with van der Waals surface area (Å²) < 4.78 is 0. The van der Waals surface area contributed by atoms with Crippen molar-refractivity contribution in [3.05, 3.63) is 35.9 Å². The third-order valence-corrected chi connectivity index (χ3v) is 6.93. The van der Waals surface area contributed by atoms with Gasteiger partial charge in [-0.3, -0.25) is 29.0 Å². The van der Waals surface area contributed by atoms with Gasteiger partial charge in [0.2, 0.25) is 23.6 Å². The highest BCUT2D eigenvalue weighted by molar-refractivity contribution is 5.88. The van der Waals surface area contributed by atoms with Crippen LogP contribution in [0.3, 0.4) is 0 Å². The van der Waals surface area contributed by atoms with Crippen molar-refractivity contribution in [2.45, 2.75) is 31.0 Å². The first-order chi connectivity index (χ1) is 17.2. The number of primary amides is 2. The maximum atomic E-state index is 13.4. The maximum Gasteiger partial charge on any atom is 0.240 e. The van der Waals surface area contributed by atoms with Gasteiger partial charge in [-0.25, -0.2) is 0 Å². The Balaban J connectivity index is 1.56. The van der Waals surface area contributed by atoms with Crippen LogP contribution in [0.15, 0.2) is 30.3 Å². The Kier molecular flexibility index (Phi) is 9.76. The van der Waals surface area contributed by atoms with E-state index in [1.807, 2.05) is 35.2 Å². The molecular formula is C24H37N7O5. The fourth-order valence-corrected chi connectivity index (χ4v) is 4.86. The van der Waals surface area contributed by atoms with Gasteiger partial charge in [-0.2, -0.15) is 0 Å². The lowest BCUT2D eigenvalue weighted by atomic mass is 10.0. The molecule has 0 aromatic heterocycles. The summed E-state index contributed by atoms with van der Waals surface area (Å²) in [5.74, 6) is -1.54. The normalized spacial score (nSPS) is 19.9. The van der Waals surface area contributed by atoms with Gasteiger partial charge in [0, 0.05) is 52.4 Å². The van der Waals surface area contributed by atoms with Crippen LogP contribution < -0.4 is 17.2 Å². The molecule has 3 atom stereocenters. The SMILES string of the molecule is NC(=O)C[C@H](C(=O)N1CCN([C@H](CO)C(N)=O)CC1)N1CCN(C(=O)[C@H](N)Cc2ccccc2)CC1. The van der Waals surface area contributed by atoms with Crippen LogP contribution in [0, 0.1) is 0 Å². The Morgan fingerprint density at radius 3 is 1.75 bits per heavy atom. The van der Waals surface area contributed by atoms with Crippen molar-refractivity contribution in [1.29, 1.82) is 0 Å². The van der Waals surface area contributed by atoms with E-state index in [9.17, 15) is 24.3 Å². The zero-order valence-electron chi connectivity index (χ0n) is 20.5. The number of piperazine rings is 2. The number of amides is 4. The summed E-state index contributed by atoms with van der Waals surface area (Å²) in [6.45, 7) is 2.68. The number of carbonyl (C=O) groups is 4. The van der Waals surface area contributed by atoms with Crippen molar-refractivity contribution in [2.24, 2.45) is 17.2 Å². The quantitative estimate of drug-likeness (QED) is 0.260. The van der Waals surface area contributed by atoms with Gasteiger partial charge in [0.25, 0.3) is 0 Å². The predicted molar refractivity (Wildman–Crippen MR) is 132 cm³/mol. The molecule has 2 heterocycles. The molecular weight excluding hydrogens is 466 g/mol. The average molecular weight is 504 g/mol. The van der Waals surface area contributed by atoms with Gasteiger partial charge in [0.05, 0.1) is 25.1 Å². The molecule has 4 amide bonds. The lowest BCUT2D eigenvalue weighted by Crippen LogP contribution is -2.61. The molecule has 12 nitrogen and oxygen atoms in total. The highest BCUT2D eigenvalue weighted by atomic mass is 16.3. The van der Waals surface area contributed by atoms with Gasteiger partial charge in [-0.05, 0) is 12.0 Å². The van der Waals surface area contributed by atoms with Crippen molar-refractivity contribution in [2.75, 3.05) is 59.0 Å².